The predicted octanol–water partition coefficient (Wildman–Crippen LogP) is 5.70. The third-order valence-electron chi connectivity index (χ3n) is 8.17. The standard InChI is InChI=1S/C32H22BrN3O3/c33-22-12-9-20(10-13-22)29(38)30-32(23-6-2-3-7-24(23)35-31(32)39)27(28(37)21-15-17-34-18-16-21)26-14-11-19-5-1-4-8-25(19)36(26)30/h1-18,26-27,30H,(H,35,39)/t26?,27-,30+,32+/m0/s1. The van der Waals surface area contributed by atoms with Crippen LogP contribution in [0.15, 0.2) is 108 Å². The number of hydrogen-bond acceptors (Lipinski definition) is 5. The fourth-order valence-corrected chi connectivity index (χ4v) is 6.87. The van der Waals surface area contributed by atoms with E-state index in [9.17, 15) is 14.4 Å². The average Bonchev–Trinajstić information content (AvgIpc) is 3.45. The van der Waals surface area contributed by atoms with Crippen LogP contribution in [0.4, 0.5) is 11.4 Å². The van der Waals surface area contributed by atoms with Gasteiger partial charge in [0.1, 0.15) is 11.5 Å². The van der Waals surface area contributed by atoms with Gasteiger partial charge in [-0.3, -0.25) is 19.4 Å². The first kappa shape index (κ1) is 23.7. The Morgan fingerprint density at radius 1 is 0.846 bits per heavy atom. The van der Waals surface area contributed by atoms with Gasteiger partial charge in [0.25, 0.3) is 0 Å². The Balaban J connectivity index is 1.54. The summed E-state index contributed by atoms with van der Waals surface area (Å²) in [5, 5.41) is 3.03. The van der Waals surface area contributed by atoms with Crippen molar-refractivity contribution in [2.75, 3.05) is 10.2 Å². The lowest BCUT2D eigenvalue weighted by Crippen LogP contribution is -2.55. The number of Topliss-reactive ketones (excluding diaryl/α,β-unsaturated/α-hetero) is 2. The highest BCUT2D eigenvalue weighted by molar-refractivity contribution is 9.10. The fourth-order valence-electron chi connectivity index (χ4n) is 6.60. The van der Waals surface area contributed by atoms with Crippen LogP contribution in [0.3, 0.4) is 0 Å². The van der Waals surface area contributed by atoms with Crippen LogP contribution in [-0.4, -0.2) is 34.5 Å². The zero-order chi connectivity index (χ0) is 26.7. The van der Waals surface area contributed by atoms with E-state index < -0.39 is 23.4 Å². The summed E-state index contributed by atoms with van der Waals surface area (Å²) in [5.41, 5.74) is 2.51. The van der Waals surface area contributed by atoms with E-state index in [1.54, 1.807) is 36.7 Å². The van der Waals surface area contributed by atoms with Gasteiger partial charge in [0, 0.05) is 39.4 Å². The first-order valence-electron chi connectivity index (χ1n) is 12.7. The van der Waals surface area contributed by atoms with E-state index in [0.717, 1.165) is 15.7 Å². The van der Waals surface area contributed by atoms with Crippen molar-refractivity contribution in [3.05, 3.63) is 130 Å². The van der Waals surface area contributed by atoms with Crippen molar-refractivity contribution in [2.24, 2.45) is 5.92 Å². The van der Waals surface area contributed by atoms with Crippen molar-refractivity contribution in [3.8, 4) is 0 Å². The van der Waals surface area contributed by atoms with Crippen molar-refractivity contribution in [1.82, 2.24) is 4.98 Å². The molecular weight excluding hydrogens is 554 g/mol. The minimum atomic E-state index is -1.46. The number of aromatic nitrogens is 1. The predicted molar refractivity (Wildman–Crippen MR) is 153 cm³/mol. The van der Waals surface area contributed by atoms with E-state index >= 15 is 0 Å². The number of hydrogen-bond donors (Lipinski definition) is 1. The second-order valence-corrected chi connectivity index (χ2v) is 11.0. The molecule has 1 N–H and O–H groups in total. The highest BCUT2D eigenvalue weighted by Crippen LogP contribution is 2.58. The molecule has 1 aromatic heterocycles. The molecule has 39 heavy (non-hydrogen) atoms. The molecule has 7 rings (SSSR count). The highest BCUT2D eigenvalue weighted by Gasteiger charge is 2.70. The Bertz CT molecular complexity index is 1680. The first-order valence-corrected chi connectivity index (χ1v) is 13.5. The Morgan fingerprint density at radius 3 is 2.33 bits per heavy atom. The third-order valence-corrected chi connectivity index (χ3v) is 8.70. The van der Waals surface area contributed by atoms with Crippen LogP contribution in [0.2, 0.25) is 0 Å². The second-order valence-electron chi connectivity index (χ2n) is 10.0. The quantitative estimate of drug-likeness (QED) is 0.316. The molecule has 0 aliphatic carbocycles. The number of pyridine rings is 1. The molecule has 6 nitrogen and oxygen atoms in total. The smallest absolute Gasteiger partial charge is 0.238 e. The monoisotopic (exact) mass is 575 g/mol. The van der Waals surface area contributed by atoms with Crippen molar-refractivity contribution in [1.29, 1.82) is 0 Å². The van der Waals surface area contributed by atoms with Crippen LogP contribution in [0.25, 0.3) is 6.08 Å². The van der Waals surface area contributed by atoms with E-state index in [2.05, 4.69) is 26.2 Å². The molecule has 1 amide bonds. The largest absolute Gasteiger partial charge is 0.352 e. The number of carbonyl (C=O) groups excluding carboxylic acids is 3. The number of halogens is 1. The van der Waals surface area contributed by atoms with Gasteiger partial charge in [0.2, 0.25) is 5.91 Å². The van der Waals surface area contributed by atoms with Crippen molar-refractivity contribution in [3.63, 3.8) is 0 Å². The summed E-state index contributed by atoms with van der Waals surface area (Å²) in [6, 6.07) is 24.2. The number of fused-ring (bicyclic) bond motifs is 5. The zero-order valence-electron chi connectivity index (χ0n) is 20.6. The molecule has 4 aromatic rings. The zero-order valence-corrected chi connectivity index (χ0v) is 22.2. The molecule has 0 radical (unpaired) electrons. The SMILES string of the molecule is O=C(c1ccncc1)[C@@H]1C2C=Cc3ccccc3N2[C@H](C(=O)c2ccc(Br)cc2)[C@]12C(=O)Nc1ccccc12. The molecule has 4 heterocycles. The summed E-state index contributed by atoms with van der Waals surface area (Å²) in [6.45, 7) is 0. The molecule has 190 valence electrons. The van der Waals surface area contributed by atoms with Gasteiger partial charge in [0.15, 0.2) is 11.6 Å². The van der Waals surface area contributed by atoms with Gasteiger partial charge in [-0.15, -0.1) is 0 Å². The summed E-state index contributed by atoms with van der Waals surface area (Å²) < 4.78 is 0.846. The molecule has 1 saturated heterocycles. The van der Waals surface area contributed by atoms with Gasteiger partial charge < -0.3 is 10.2 Å². The second kappa shape index (κ2) is 8.85. The number of rotatable bonds is 4. The number of nitrogens with zero attached hydrogens (tertiary/aromatic N) is 2. The molecule has 1 unspecified atom stereocenters. The van der Waals surface area contributed by atoms with Crippen molar-refractivity contribution in [2.45, 2.75) is 17.5 Å². The highest BCUT2D eigenvalue weighted by atomic mass is 79.9. The van der Waals surface area contributed by atoms with Gasteiger partial charge >= 0.3 is 0 Å². The minimum Gasteiger partial charge on any atom is -0.352 e. The van der Waals surface area contributed by atoms with E-state index in [0.29, 0.717) is 22.4 Å². The first-order chi connectivity index (χ1) is 19.0. The van der Waals surface area contributed by atoms with Crippen LogP contribution in [0.5, 0.6) is 0 Å². The van der Waals surface area contributed by atoms with Gasteiger partial charge in [-0.05, 0) is 47.5 Å². The maximum Gasteiger partial charge on any atom is 0.238 e. The molecule has 3 aromatic carbocycles. The lowest BCUT2D eigenvalue weighted by molar-refractivity contribution is -0.121. The molecule has 1 fully saturated rings. The fraction of sp³-hybridized carbons (Fsp3) is 0.125. The number of benzene rings is 3. The maximum absolute atomic E-state index is 14.7. The number of carbonyl (C=O) groups is 3. The van der Waals surface area contributed by atoms with Gasteiger partial charge in [-0.1, -0.05) is 76.6 Å². The molecule has 3 aliphatic heterocycles. The van der Waals surface area contributed by atoms with Crippen LogP contribution >= 0.6 is 15.9 Å². The van der Waals surface area contributed by atoms with Crippen molar-refractivity contribution < 1.29 is 14.4 Å². The molecule has 4 atom stereocenters. The third kappa shape index (κ3) is 3.32. The summed E-state index contributed by atoms with van der Waals surface area (Å²) in [7, 11) is 0. The lowest BCUT2D eigenvalue weighted by Gasteiger charge is -2.37. The number of amides is 1. The van der Waals surface area contributed by atoms with Gasteiger partial charge in [-0.25, -0.2) is 0 Å². The topological polar surface area (TPSA) is 79.4 Å². The molecule has 3 aliphatic rings. The Morgan fingerprint density at radius 2 is 1.54 bits per heavy atom. The molecule has 7 heteroatoms. The Labute approximate surface area is 233 Å². The molecule has 1 spiro atoms. The van der Waals surface area contributed by atoms with E-state index in [1.165, 1.54) is 0 Å². The van der Waals surface area contributed by atoms with Crippen LogP contribution in [-0.2, 0) is 10.2 Å². The van der Waals surface area contributed by atoms with E-state index in [4.69, 9.17) is 0 Å². The Kier molecular flexibility index (Phi) is 5.39. The minimum absolute atomic E-state index is 0.200. The normalized spacial score (nSPS) is 24.2. The number of ketones is 2. The number of anilines is 2. The summed E-state index contributed by atoms with van der Waals surface area (Å²) in [4.78, 5) is 49.6. The summed E-state index contributed by atoms with van der Waals surface area (Å²) >= 11 is 3.46. The molecular formula is C32H22BrN3O3. The summed E-state index contributed by atoms with van der Waals surface area (Å²) in [5.74, 6) is -1.62. The molecule has 0 bridgehead atoms. The average molecular weight is 576 g/mol. The van der Waals surface area contributed by atoms with Crippen molar-refractivity contribution >= 4 is 50.9 Å². The van der Waals surface area contributed by atoms with Crippen LogP contribution in [0.1, 0.15) is 31.8 Å². The van der Waals surface area contributed by atoms with E-state index in [1.807, 2.05) is 77.7 Å². The van der Waals surface area contributed by atoms with Gasteiger partial charge in [0.05, 0.1) is 12.0 Å². The number of nitrogens with one attached hydrogen (secondary N) is 1. The molecule has 0 saturated carbocycles. The Hall–Kier alpha value is -4.36. The maximum atomic E-state index is 14.7. The summed E-state index contributed by atoms with van der Waals surface area (Å²) in [6.07, 6.45) is 7.11. The number of para-hydroxylation sites is 2. The van der Waals surface area contributed by atoms with Gasteiger partial charge in [-0.2, -0.15) is 0 Å². The van der Waals surface area contributed by atoms with Crippen LogP contribution in [0, 0.1) is 5.92 Å². The van der Waals surface area contributed by atoms with E-state index in [-0.39, 0.29) is 17.5 Å². The lowest BCUT2D eigenvalue weighted by atomic mass is 9.63. The van der Waals surface area contributed by atoms with Crippen LogP contribution < -0.4 is 10.2 Å².